The fourth-order valence-corrected chi connectivity index (χ4v) is 4.93. The van der Waals surface area contributed by atoms with Crippen molar-refractivity contribution in [3.63, 3.8) is 0 Å². The van der Waals surface area contributed by atoms with E-state index < -0.39 is 0 Å². The van der Waals surface area contributed by atoms with E-state index in [-0.39, 0.29) is 17.4 Å². The van der Waals surface area contributed by atoms with E-state index in [0.717, 1.165) is 30.0 Å². The number of hydrogen-bond donors (Lipinski definition) is 1. The highest BCUT2D eigenvalue weighted by Crippen LogP contribution is 2.31. The number of piperazine rings is 1. The monoisotopic (exact) mass is 387 g/mol. The van der Waals surface area contributed by atoms with E-state index in [9.17, 15) is 9.59 Å². The number of hydrogen-bond acceptors (Lipinski definition) is 5. The first kappa shape index (κ1) is 18.2. The Morgan fingerprint density at radius 2 is 2.15 bits per heavy atom. The Balaban J connectivity index is 1.55. The Morgan fingerprint density at radius 3 is 2.93 bits per heavy atom. The number of thiophene rings is 1. The molecule has 2 amide bonds. The van der Waals surface area contributed by atoms with Crippen LogP contribution in [0.3, 0.4) is 0 Å². The van der Waals surface area contributed by atoms with Crippen LogP contribution in [-0.4, -0.2) is 70.2 Å². The smallest absolute Gasteiger partial charge is 0.274 e. The fourth-order valence-electron chi connectivity index (χ4n) is 4.16. The van der Waals surface area contributed by atoms with E-state index in [1.54, 1.807) is 16.0 Å². The molecule has 2 aliphatic rings. The van der Waals surface area contributed by atoms with Crippen molar-refractivity contribution in [1.82, 2.24) is 24.9 Å². The van der Waals surface area contributed by atoms with Crippen LogP contribution in [0.5, 0.6) is 0 Å². The molecule has 2 saturated heterocycles. The number of carbonyl (C=O) groups is 2. The van der Waals surface area contributed by atoms with Crippen LogP contribution < -0.4 is 5.32 Å². The van der Waals surface area contributed by atoms with Gasteiger partial charge in [0, 0.05) is 45.2 Å². The lowest BCUT2D eigenvalue weighted by Crippen LogP contribution is -2.62. The first-order valence-corrected chi connectivity index (χ1v) is 10.2. The van der Waals surface area contributed by atoms with Crippen molar-refractivity contribution in [2.45, 2.75) is 24.8 Å². The number of aromatic nitrogens is 2. The van der Waals surface area contributed by atoms with Gasteiger partial charge in [-0.25, -0.2) is 0 Å². The van der Waals surface area contributed by atoms with Crippen molar-refractivity contribution < 1.29 is 9.59 Å². The molecule has 1 N–H and O–H groups in total. The molecule has 8 heteroatoms. The molecule has 0 saturated carbocycles. The van der Waals surface area contributed by atoms with Crippen LogP contribution in [0, 0.1) is 0 Å². The van der Waals surface area contributed by atoms with E-state index in [0.29, 0.717) is 31.7 Å². The molecule has 27 heavy (non-hydrogen) atoms. The van der Waals surface area contributed by atoms with Crippen molar-refractivity contribution in [3.8, 4) is 10.6 Å². The van der Waals surface area contributed by atoms with Gasteiger partial charge in [-0.1, -0.05) is 6.07 Å². The molecular formula is C19H25N5O2S. The van der Waals surface area contributed by atoms with Crippen molar-refractivity contribution in [2.75, 3.05) is 33.2 Å². The first-order valence-electron chi connectivity index (χ1n) is 9.34. The van der Waals surface area contributed by atoms with Gasteiger partial charge in [0.1, 0.15) is 0 Å². The number of likely N-dealkylation sites (N-methyl/N-ethyl adjacent to an activating group) is 1. The third kappa shape index (κ3) is 3.39. The summed E-state index contributed by atoms with van der Waals surface area (Å²) in [6.07, 6.45) is 2.15. The molecule has 2 aliphatic heterocycles. The maximum absolute atomic E-state index is 13.2. The van der Waals surface area contributed by atoms with Gasteiger partial charge < -0.3 is 10.2 Å². The lowest BCUT2D eigenvalue weighted by atomic mass is 9.86. The zero-order valence-corrected chi connectivity index (χ0v) is 16.6. The van der Waals surface area contributed by atoms with E-state index in [2.05, 4.69) is 22.4 Å². The number of carbonyl (C=O) groups excluding carboxylic acids is 2. The minimum atomic E-state index is -0.140. The summed E-state index contributed by atoms with van der Waals surface area (Å²) in [5, 5.41) is 9.46. The van der Waals surface area contributed by atoms with Crippen LogP contribution in [0.25, 0.3) is 10.6 Å². The highest BCUT2D eigenvalue weighted by atomic mass is 32.1. The largest absolute Gasteiger partial charge is 0.356 e. The predicted molar refractivity (Wildman–Crippen MR) is 105 cm³/mol. The van der Waals surface area contributed by atoms with Crippen LogP contribution in [-0.2, 0) is 11.8 Å². The second kappa shape index (κ2) is 7.09. The molecule has 1 atom stereocenters. The molecule has 4 heterocycles. The molecule has 2 aromatic heterocycles. The Kier molecular flexibility index (Phi) is 4.77. The summed E-state index contributed by atoms with van der Waals surface area (Å²) < 4.78 is 1.78. The zero-order valence-electron chi connectivity index (χ0n) is 15.8. The minimum absolute atomic E-state index is 0.0237. The quantitative estimate of drug-likeness (QED) is 0.849. The first-order chi connectivity index (χ1) is 13.0. The Morgan fingerprint density at radius 1 is 1.30 bits per heavy atom. The average molecular weight is 388 g/mol. The molecule has 0 bridgehead atoms. The lowest BCUT2D eigenvalue weighted by molar-refractivity contribution is -0.121. The number of nitrogens with zero attached hydrogens (tertiary/aromatic N) is 4. The third-order valence-electron chi connectivity index (χ3n) is 5.89. The van der Waals surface area contributed by atoms with E-state index >= 15 is 0 Å². The highest BCUT2D eigenvalue weighted by Gasteiger charge is 2.42. The second-order valence-electron chi connectivity index (χ2n) is 7.49. The van der Waals surface area contributed by atoms with Crippen LogP contribution in [0.4, 0.5) is 0 Å². The lowest BCUT2D eigenvalue weighted by Gasteiger charge is -2.49. The van der Waals surface area contributed by atoms with E-state index in [1.165, 1.54) is 0 Å². The van der Waals surface area contributed by atoms with Gasteiger partial charge in [-0.05, 0) is 37.4 Å². The number of amides is 2. The Labute approximate surface area is 162 Å². The molecule has 4 rings (SSSR count). The molecule has 0 radical (unpaired) electrons. The molecular weight excluding hydrogens is 362 g/mol. The number of nitrogens with one attached hydrogen (secondary N) is 1. The number of aryl methyl sites for hydroxylation is 1. The third-order valence-corrected chi connectivity index (χ3v) is 6.78. The van der Waals surface area contributed by atoms with Crippen molar-refractivity contribution >= 4 is 23.2 Å². The highest BCUT2D eigenvalue weighted by molar-refractivity contribution is 7.13. The van der Waals surface area contributed by atoms with E-state index in [4.69, 9.17) is 0 Å². The summed E-state index contributed by atoms with van der Waals surface area (Å²) in [6.45, 7) is 2.80. The van der Waals surface area contributed by atoms with Gasteiger partial charge in [-0.3, -0.25) is 19.2 Å². The summed E-state index contributed by atoms with van der Waals surface area (Å²) in [5.41, 5.74) is 1.31. The van der Waals surface area contributed by atoms with Gasteiger partial charge in [0.2, 0.25) is 5.91 Å². The molecule has 1 unspecified atom stereocenters. The normalized spacial score (nSPS) is 24.1. The van der Waals surface area contributed by atoms with Crippen molar-refractivity contribution in [1.29, 1.82) is 0 Å². The Hall–Kier alpha value is -2.19. The molecule has 1 spiro atoms. The van der Waals surface area contributed by atoms with Crippen LogP contribution >= 0.6 is 11.3 Å². The van der Waals surface area contributed by atoms with Gasteiger partial charge >= 0.3 is 0 Å². The average Bonchev–Trinajstić information content (AvgIpc) is 3.27. The van der Waals surface area contributed by atoms with Gasteiger partial charge in [0.05, 0.1) is 10.6 Å². The summed E-state index contributed by atoms with van der Waals surface area (Å²) in [7, 11) is 3.98. The zero-order chi connectivity index (χ0) is 19.0. The van der Waals surface area contributed by atoms with Crippen LogP contribution in [0.1, 0.15) is 29.8 Å². The van der Waals surface area contributed by atoms with Crippen LogP contribution in [0.2, 0.25) is 0 Å². The van der Waals surface area contributed by atoms with Gasteiger partial charge in [0.25, 0.3) is 5.91 Å². The van der Waals surface area contributed by atoms with Crippen molar-refractivity contribution in [2.24, 2.45) is 7.05 Å². The topological polar surface area (TPSA) is 70.5 Å². The Bertz CT molecular complexity index is 846. The minimum Gasteiger partial charge on any atom is -0.356 e. The fraction of sp³-hybridized carbons (Fsp3) is 0.526. The van der Waals surface area contributed by atoms with E-state index in [1.807, 2.05) is 35.5 Å². The standard InChI is InChI=1S/C19H25N5O2S/c1-22-9-10-24(13-19(22)6-5-17(25)20-8-7-19)18(26)14-12-15(23(2)21-14)16-4-3-11-27-16/h3-4,11-12H,5-10,13H2,1-2H3,(H,20,25). The SMILES string of the molecule is CN1CCN(C(=O)c2cc(-c3cccs3)n(C)n2)CC12CCNC(=O)CC2. The summed E-state index contributed by atoms with van der Waals surface area (Å²) >= 11 is 1.64. The number of rotatable bonds is 2. The maximum atomic E-state index is 13.2. The molecule has 2 aromatic rings. The van der Waals surface area contributed by atoms with Crippen LogP contribution in [0.15, 0.2) is 23.6 Å². The second-order valence-corrected chi connectivity index (χ2v) is 8.44. The molecule has 144 valence electrons. The van der Waals surface area contributed by atoms with Crippen molar-refractivity contribution in [3.05, 3.63) is 29.3 Å². The molecule has 0 aliphatic carbocycles. The molecule has 0 aromatic carbocycles. The molecule has 7 nitrogen and oxygen atoms in total. The predicted octanol–water partition coefficient (Wildman–Crippen LogP) is 1.58. The van der Waals surface area contributed by atoms with Gasteiger partial charge in [-0.15, -0.1) is 11.3 Å². The summed E-state index contributed by atoms with van der Waals surface area (Å²) in [5.74, 6) is 0.0819. The summed E-state index contributed by atoms with van der Waals surface area (Å²) in [4.78, 5) is 30.3. The van der Waals surface area contributed by atoms with Gasteiger partial charge in [0.15, 0.2) is 5.69 Å². The summed E-state index contributed by atoms with van der Waals surface area (Å²) in [6, 6.07) is 5.92. The van der Waals surface area contributed by atoms with Gasteiger partial charge in [-0.2, -0.15) is 5.10 Å². The maximum Gasteiger partial charge on any atom is 0.274 e. The molecule has 2 fully saturated rings.